The molecule has 0 aliphatic heterocycles. The van der Waals surface area contributed by atoms with Crippen molar-refractivity contribution in [2.75, 3.05) is 0 Å². The van der Waals surface area contributed by atoms with Crippen LogP contribution in [0.2, 0.25) is 0 Å². The summed E-state index contributed by atoms with van der Waals surface area (Å²) in [7, 11) is 0. The molecule has 0 radical (unpaired) electrons. The number of aromatic nitrogens is 3. The van der Waals surface area contributed by atoms with Gasteiger partial charge in [-0.15, -0.1) is 0 Å². The summed E-state index contributed by atoms with van der Waals surface area (Å²) < 4.78 is 0. The highest BCUT2D eigenvalue weighted by molar-refractivity contribution is 5.66. The van der Waals surface area contributed by atoms with Crippen LogP contribution in [-0.4, -0.2) is 15.2 Å². The molecule has 0 amide bonds. The fourth-order valence-electron chi connectivity index (χ4n) is 3.30. The number of H-pyrrole nitrogens is 1. The fraction of sp³-hybridized carbons (Fsp3) is 0.105. The smallest absolute Gasteiger partial charge is 0.169 e. The molecule has 0 spiro atoms. The van der Waals surface area contributed by atoms with Crippen molar-refractivity contribution in [2.45, 2.75) is 11.8 Å². The van der Waals surface area contributed by atoms with Gasteiger partial charge in [0.1, 0.15) is 6.07 Å². The molecule has 2 heterocycles. The van der Waals surface area contributed by atoms with Gasteiger partial charge in [-0.05, 0) is 23.3 Å². The van der Waals surface area contributed by atoms with Crippen LogP contribution in [0, 0.1) is 11.3 Å². The molecule has 1 aliphatic rings. The Balaban J connectivity index is 1.92. The van der Waals surface area contributed by atoms with Crippen molar-refractivity contribution in [3.8, 4) is 6.07 Å². The maximum atomic E-state index is 9.17. The molecule has 0 fully saturated rings. The summed E-state index contributed by atoms with van der Waals surface area (Å²) in [6, 6.07) is 16.6. The van der Waals surface area contributed by atoms with Crippen LogP contribution in [0.3, 0.4) is 0 Å². The summed E-state index contributed by atoms with van der Waals surface area (Å²) in [5.41, 5.74) is 4.44. The van der Waals surface area contributed by atoms with E-state index in [4.69, 9.17) is 0 Å². The van der Waals surface area contributed by atoms with Crippen LogP contribution in [0.25, 0.3) is 6.08 Å². The number of benzene rings is 1. The van der Waals surface area contributed by atoms with Gasteiger partial charge >= 0.3 is 0 Å². The van der Waals surface area contributed by atoms with Crippen molar-refractivity contribution in [2.24, 2.45) is 0 Å². The highest BCUT2D eigenvalue weighted by Gasteiger charge is 2.36. The molecular formula is C19H14N4. The van der Waals surface area contributed by atoms with Gasteiger partial charge in [-0.3, -0.25) is 10.1 Å². The molecule has 3 aromatic rings. The highest BCUT2D eigenvalue weighted by atomic mass is 15.1. The summed E-state index contributed by atoms with van der Waals surface area (Å²) in [6.07, 6.45) is 8.56. The number of allylic oxidation sites excluding steroid dienone is 1. The molecule has 0 saturated carbocycles. The van der Waals surface area contributed by atoms with E-state index in [2.05, 4.69) is 51.6 Å². The van der Waals surface area contributed by atoms with Crippen molar-refractivity contribution >= 4 is 6.08 Å². The molecule has 1 atom stereocenters. The zero-order valence-electron chi connectivity index (χ0n) is 12.4. The first kappa shape index (κ1) is 13.5. The fourth-order valence-corrected chi connectivity index (χ4v) is 3.30. The molecule has 0 bridgehead atoms. The summed E-state index contributed by atoms with van der Waals surface area (Å²) in [5, 5.41) is 16.3. The van der Waals surface area contributed by atoms with Crippen molar-refractivity contribution in [1.82, 2.24) is 15.2 Å². The van der Waals surface area contributed by atoms with Crippen molar-refractivity contribution in [3.05, 3.63) is 89.0 Å². The van der Waals surface area contributed by atoms with E-state index >= 15 is 0 Å². The molecule has 1 aromatic carbocycles. The van der Waals surface area contributed by atoms with E-state index in [1.54, 1.807) is 0 Å². The number of nitrogens with one attached hydrogen (secondary N) is 1. The number of pyridine rings is 1. The molecule has 2 aromatic heterocycles. The minimum atomic E-state index is -0.281. The molecule has 0 saturated heterocycles. The first-order valence-electron chi connectivity index (χ1n) is 7.46. The van der Waals surface area contributed by atoms with E-state index in [-0.39, 0.29) is 5.41 Å². The first-order chi connectivity index (χ1) is 11.3. The van der Waals surface area contributed by atoms with Crippen molar-refractivity contribution in [1.29, 1.82) is 5.26 Å². The zero-order chi connectivity index (χ0) is 15.7. The molecule has 1 N–H and O–H groups in total. The predicted octanol–water partition coefficient (Wildman–Crippen LogP) is 3.23. The number of hydrogen-bond acceptors (Lipinski definition) is 3. The number of nitriles is 1. The third-order valence-electron chi connectivity index (χ3n) is 4.46. The maximum Gasteiger partial charge on any atom is 0.169 e. The molecular weight excluding hydrogens is 284 g/mol. The lowest BCUT2D eigenvalue weighted by atomic mass is 9.69. The van der Waals surface area contributed by atoms with Gasteiger partial charge in [0, 0.05) is 35.5 Å². The molecule has 4 heteroatoms. The quantitative estimate of drug-likeness (QED) is 0.790. The van der Waals surface area contributed by atoms with Gasteiger partial charge in [-0.2, -0.15) is 10.4 Å². The first-order valence-corrected chi connectivity index (χ1v) is 7.46. The Morgan fingerprint density at radius 1 is 1.04 bits per heavy atom. The van der Waals surface area contributed by atoms with Crippen LogP contribution in [0.5, 0.6) is 0 Å². The minimum Gasteiger partial charge on any atom is -0.281 e. The molecule has 23 heavy (non-hydrogen) atoms. The van der Waals surface area contributed by atoms with E-state index in [1.807, 2.05) is 36.7 Å². The second-order valence-electron chi connectivity index (χ2n) is 5.66. The lowest BCUT2D eigenvalue weighted by molar-refractivity contribution is 0.619. The largest absolute Gasteiger partial charge is 0.281 e. The third kappa shape index (κ3) is 2.06. The van der Waals surface area contributed by atoms with Gasteiger partial charge < -0.3 is 0 Å². The van der Waals surface area contributed by atoms with E-state index in [0.717, 1.165) is 17.7 Å². The van der Waals surface area contributed by atoms with Gasteiger partial charge in [-0.1, -0.05) is 42.5 Å². The Kier molecular flexibility index (Phi) is 3.06. The number of rotatable bonds is 2. The van der Waals surface area contributed by atoms with Crippen LogP contribution in [-0.2, 0) is 11.8 Å². The SMILES string of the molecule is N#Cc1n[nH]c2c1C=CC(c1ccccc1)(c1ccncc1)C2. The van der Waals surface area contributed by atoms with Crippen LogP contribution < -0.4 is 0 Å². The number of aromatic amines is 1. The van der Waals surface area contributed by atoms with Gasteiger partial charge in [0.2, 0.25) is 0 Å². The number of nitrogens with zero attached hydrogens (tertiary/aromatic N) is 3. The summed E-state index contributed by atoms with van der Waals surface area (Å²) >= 11 is 0. The number of fused-ring (bicyclic) bond motifs is 1. The van der Waals surface area contributed by atoms with Gasteiger partial charge in [0.15, 0.2) is 5.69 Å². The molecule has 1 unspecified atom stereocenters. The van der Waals surface area contributed by atoms with E-state index in [9.17, 15) is 5.26 Å². The van der Waals surface area contributed by atoms with Crippen molar-refractivity contribution < 1.29 is 0 Å². The maximum absolute atomic E-state index is 9.17. The molecule has 1 aliphatic carbocycles. The van der Waals surface area contributed by atoms with Crippen LogP contribution >= 0.6 is 0 Å². The molecule has 4 nitrogen and oxygen atoms in total. The second-order valence-corrected chi connectivity index (χ2v) is 5.66. The van der Waals surface area contributed by atoms with Gasteiger partial charge in [-0.25, -0.2) is 0 Å². The van der Waals surface area contributed by atoms with Crippen molar-refractivity contribution in [3.63, 3.8) is 0 Å². The third-order valence-corrected chi connectivity index (χ3v) is 4.46. The minimum absolute atomic E-state index is 0.281. The van der Waals surface area contributed by atoms with Crippen LogP contribution in [0.15, 0.2) is 60.9 Å². The molecule has 4 rings (SSSR count). The zero-order valence-corrected chi connectivity index (χ0v) is 12.4. The lowest BCUT2D eigenvalue weighted by Gasteiger charge is -2.34. The Labute approximate surface area is 134 Å². The van der Waals surface area contributed by atoms with Gasteiger partial charge in [0.25, 0.3) is 0 Å². The van der Waals surface area contributed by atoms with Crippen LogP contribution in [0.1, 0.15) is 28.1 Å². The highest BCUT2D eigenvalue weighted by Crippen LogP contribution is 2.41. The Bertz CT molecular complexity index is 862. The van der Waals surface area contributed by atoms with E-state index < -0.39 is 0 Å². The topological polar surface area (TPSA) is 65.4 Å². The summed E-state index contributed by atoms with van der Waals surface area (Å²) in [4.78, 5) is 4.14. The monoisotopic (exact) mass is 298 g/mol. The average Bonchev–Trinajstić information content (AvgIpc) is 3.05. The summed E-state index contributed by atoms with van der Waals surface area (Å²) in [6.45, 7) is 0. The van der Waals surface area contributed by atoms with E-state index in [0.29, 0.717) is 5.69 Å². The van der Waals surface area contributed by atoms with E-state index in [1.165, 1.54) is 11.1 Å². The standard InChI is InChI=1S/C19H14N4/c20-13-18-16-6-9-19(12-17(16)22-23-18,14-4-2-1-3-5-14)15-7-10-21-11-8-15/h1-11H,12H2,(H,22,23). The second kappa shape index (κ2) is 5.22. The Hall–Kier alpha value is -3.19. The Morgan fingerprint density at radius 2 is 1.78 bits per heavy atom. The average molecular weight is 298 g/mol. The number of hydrogen-bond donors (Lipinski definition) is 1. The van der Waals surface area contributed by atoms with Crippen LogP contribution in [0.4, 0.5) is 0 Å². The predicted molar refractivity (Wildman–Crippen MR) is 87.5 cm³/mol. The molecule has 110 valence electrons. The lowest BCUT2D eigenvalue weighted by Crippen LogP contribution is -2.30. The van der Waals surface area contributed by atoms with Gasteiger partial charge in [0.05, 0.1) is 0 Å². The summed E-state index contributed by atoms with van der Waals surface area (Å²) in [5.74, 6) is 0. The Morgan fingerprint density at radius 3 is 2.52 bits per heavy atom. The normalized spacial score (nSPS) is 19.1.